The van der Waals surface area contributed by atoms with E-state index in [-0.39, 0.29) is 18.3 Å². The largest absolute Gasteiger partial charge is 0.324 e. The Labute approximate surface area is 182 Å². The summed E-state index contributed by atoms with van der Waals surface area (Å²) in [4.78, 5) is 14.0. The number of nitrogens with two attached hydrogens (primary N) is 1. The van der Waals surface area contributed by atoms with Gasteiger partial charge in [-0.05, 0) is 60.2 Å². The number of carbonyl (C=O) groups excluding carboxylic acids is 1. The summed E-state index contributed by atoms with van der Waals surface area (Å²) in [7, 11) is 0. The first-order valence-corrected chi connectivity index (χ1v) is 10.5. The fraction of sp³-hybridized carbons (Fsp3) is 0.208. The third kappa shape index (κ3) is 5.21. The summed E-state index contributed by atoms with van der Waals surface area (Å²) in [6.45, 7) is 0. The van der Waals surface area contributed by atoms with E-state index < -0.39 is 5.54 Å². The third-order valence-electron chi connectivity index (χ3n) is 5.28. The van der Waals surface area contributed by atoms with Crippen molar-refractivity contribution >= 4 is 35.8 Å². The molecule has 1 aliphatic rings. The Bertz CT molecular complexity index is 962. The molecule has 1 unspecified atom stereocenters. The summed E-state index contributed by atoms with van der Waals surface area (Å²) in [5.41, 5.74) is 10.2. The number of rotatable bonds is 5. The molecule has 0 radical (unpaired) electrons. The molecular formula is C24H25ClN2OS. The maximum atomic E-state index is 12.9. The Morgan fingerprint density at radius 2 is 1.59 bits per heavy atom. The number of halogens is 1. The van der Waals surface area contributed by atoms with Crippen LogP contribution in [0.4, 0.5) is 5.69 Å². The van der Waals surface area contributed by atoms with Gasteiger partial charge in [-0.3, -0.25) is 4.79 Å². The first-order chi connectivity index (χ1) is 13.6. The summed E-state index contributed by atoms with van der Waals surface area (Å²) in [5.74, 6) is 0.824. The lowest BCUT2D eigenvalue weighted by Gasteiger charge is -2.33. The van der Waals surface area contributed by atoms with Crippen LogP contribution < -0.4 is 11.1 Å². The number of nitrogens with one attached hydrogen (secondary N) is 1. The predicted molar refractivity (Wildman–Crippen MR) is 124 cm³/mol. The van der Waals surface area contributed by atoms with E-state index in [1.54, 1.807) is 11.8 Å². The van der Waals surface area contributed by atoms with Crippen LogP contribution in [0.25, 0.3) is 0 Å². The SMILES string of the molecule is Cl.NC1(C(=O)Nc2ccc(SCc3ccccc3)cc2)CCc2ccccc2C1. The van der Waals surface area contributed by atoms with Crippen LogP contribution in [-0.2, 0) is 23.4 Å². The van der Waals surface area contributed by atoms with Gasteiger partial charge in [0.05, 0.1) is 0 Å². The van der Waals surface area contributed by atoms with Crippen molar-refractivity contribution in [2.45, 2.75) is 35.4 Å². The molecule has 5 heteroatoms. The van der Waals surface area contributed by atoms with E-state index in [2.05, 4.69) is 41.7 Å². The number of aryl methyl sites for hydroxylation is 1. The summed E-state index contributed by atoms with van der Waals surface area (Å²) in [6, 6.07) is 26.6. The Kier molecular flexibility index (Phi) is 7.01. The van der Waals surface area contributed by atoms with Gasteiger partial charge in [0.1, 0.15) is 5.54 Å². The van der Waals surface area contributed by atoms with Crippen LogP contribution in [0.2, 0.25) is 0 Å². The van der Waals surface area contributed by atoms with E-state index in [9.17, 15) is 4.79 Å². The zero-order chi connectivity index (χ0) is 19.4. The number of fused-ring (bicyclic) bond motifs is 1. The number of benzene rings is 3. The number of hydrogen-bond acceptors (Lipinski definition) is 3. The molecule has 29 heavy (non-hydrogen) atoms. The standard InChI is InChI=1S/C24H24N2OS.ClH/c25-24(15-14-19-8-4-5-9-20(19)16-24)23(27)26-21-10-12-22(13-11-21)28-17-18-6-2-1-3-7-18;/h1-13H,14-17,25H2,(H,26,27);1H. The molecule has 3 aromatic rings. The molecule has 1 aliphatic carbocycles. The monoisotopic (exact) mass is 424 g/mol. The van der Waals surface area contributed by atoms with Crippen molar-refractivity contribution in [2.75, 3.05) is 5.32 Å². The summed E-state index contributed by atoms with van der Waals surface area (Å²) < 4.78 is 0. The average molecular weight is 425 g/mol. The van der Waals surface area contributed by atoms with E-state index in [1.165, 1.54) is 21.6 Å². The summed E-state index contributed by atoms with van der Waals surface area (Å²) in [5, 5.41) is 3.01. The first kappa shape index (κ1) is 21.4. The van der Waals surface area contributed by atoms with Gasteiger partial charge in [0, 0.05) is 16.3 Å². The zero-order valence-electron chi connectivity index (χ0n) is 16.1. The van der Waals surface area contributed by atoms with Crippen LogP contribution >= 0.6 is 24.2 Å². The fourth-order valence-electron chi connectivity index (χ4n) is 3.58. The van der Waals surface area contributed by atoms with Crippen LogP contribution in [0.3, 0.4) is 0 Å². The quantitative estimate of drug-likeness (QED) is 0.551. The maximum Gasteiger partial charge on any atom is 0.244 e. The van der Waals surface area contributed by atoms with Gasteiger partial charge >= 0.3 is 0 Å². The van der Waals surface area contributed by atoms with Gasteiger partial charge < -0.3 is 11.1 Å². The lowest BCUT2D eigenvalue weighted by Crippen LogP contribution is -2.54. The van der Waals surface area contributed by atoms with Crippen molar-refractivity contribution in [3.05, 3.63) is 95.6 Å². The minimum Gasteiger partial charge on any atom is -0.324 e. The van der Waals surface area contributed by atoms with Crippen molar-refractivity contribution < 1.29 is 4.79 Å². The van der Waals surface area contributed by atoms with Crippen LogP contribution in [0.1, 0.15) is 23.1 Å². The number of thioether (sulfide) groups is 1. The van der Waals surface area contributed by atoms with E-state index >= 15 is 0 Å². The number of anilines is 1. The highest BCUT2D eigenvalue weighted by Crippen LogP contribution is 2.29. The minimum atomic E-state index is -0.852. The molecule has 0 bridgehead atoms. The Hall–Kier alpha value is -2.27. The summed E-state index contributed by atoms with van der Waals surface area (Å²) in [6.07, 6.45) is 2.09. The lowest BCUT2D eigenvalue weighted by atomic mass is 9.78. The van der Waals surface area contributed by atoms with Crippen LogP contribution in [0, 0.1) is 0 Å². The lowest BCUT2D eigenvalue weighted by molar-refractivity contribution is -0.121. The van der Waals surface area contributed by atoms with Crippen molar-refractivity contribution in [1.29, 1.82) is 0 Å². The van der Waals surface area contributed by atoms with Gasteiger partial charge in [-0.1, -0.05) is 54.6 Å². The number of carbonyl (C=O) groups is 1. The molecule has 150 valence electrons. The first-order valence-electron chi connectivity index (χ1n) is 9.56. The highest BCUT2D eigenvalue weighted by atomic mass is 35.5. The van der Waals surface area contributed by atoms with Gasteiger partial charge in [0.2, 0.25) is 5.91 Å². The predicted octanol–water partition coefficient (Wildman–Crippen LogP) is 5.23. The molecule has 0 saturated heterocycles. The molecule has 1 atom stereocenters. The molecule has 1 amide bonds. The highest BCUT2D eigenvalue weighted by molar-refractivity contribution is 7.98. The molecule has 0 spiro atoms. The molecule has 0 saturated carbocycles. The molecule has 3 nitrogen and oxygen atoms in total. The van der Waals surface area contributed by atoms with Crippen LogP contribution in [0.15, 0.2) is 83.8 Å². The van der Waals surface area contributed by atoms with Gasteiger partial charge in [-0.25, -0.2) is 0 Å². The molecule has 0 aromatic heterocycles. The van der Waals surface area contributed by atoms with Crippen LogP contribution in [0.5, 0.6) is 0 Å². The minimum absolute atomic E-state index is 0. The van der Waals surface area contributed by atoms with Gasteiger partial charge in [0.15, 0.2) is 0 Å². The summed E-state index contributed by atoms with van der Waals surface area (Å²) >= 11 is 1.78. The van der Waals surface area contributed by atoms with Crippen molar-refractivity contribution in [2.24, 2.45) is 5.73 Å². The fourth-order valence-corrected chi connectivity index (χ4v) is 4.44. The van der Waals surface area contributed by atoms with Gasteiger partial charge in [0.25, 0.3) is 0 Å². The molecule has 0 heterocycles. The van der Waals surface area contributed by atoms with Crippen molar-refractivity contribution in [1.82, 2.24) is 0 Å². The highest BCUT2D eigenvalue weighted by Gasteiger charge is 2.37. The van der Waals surface area contributed by atoms with E-state index in [1.807, 2.05) is 42.5 Å². The molecular weight excluding hydrogens is 400 g/mol. The average Bonchev–Trinajstić information content (AvgIpc) is 2.74. The van der Waals surface area contributed by atoms with Gasteiger partial charge in [-0.15, -0.1) is 24.2 Å². The molecule has 3 N–H and O–H groups in total. The van der Waals surface area contributed by atoms with E-state index in [4.69, 9.17) is 5.73 Å². The third-order valence-corrected chi connectivity index (χ3v) is 6.36. The van der Waals surface area contributed by atoms with E-state index in [0.717, 1.165) is 17.9 Å². The second-order valence-electron chi connectivity index (χ2n) is 7.35. The molecule has 0 fully saturated rings. The van der Waals surface area contributed by atoms with Gasteiger partial charge in [-0.2, -0.15) is 0 Å². The van der Waals surface area contributed by atoms with Crippen molar-refractivity contribution in [3.63, 3.8) is 0 Å². The molecule has 0 aliphatic heterocycles. The maximum absolute atomic E-state index is 12.9. The molecule has 4 rings (SSSR count). The Balaban J connectivity index is 0.00000240. The molecule has 3 aromatic carbocycles. The number of amides is 1. The smallest absolute Gasteiger partial charge is 0.244 e. The normalized spacial score (nSPS) is 17.7. The topological polar surface area (TPSA) is 55.1 Å². The second kappa shape index (κ2) is 9.49. The number of hydrogen-bond donors (Lipinski definition) is 2. The second-order valence-corrected chi connectivity index (χ2v) is 8.40. The van der Waals surface area contributed by atoms with Crippen LogP contribution in [-0.4, -0.2) is 11.4 Å². The van der Waals surface area contributed by atoms with Crippen molar-refractivity contribution in [3.8, 4) is 0 Å². The van der Waals surface area contributed by atoms with E-state index in [0.29, 0.717) is 12.8 Å². The Morgan fingerprint density at radius 1 is 0.931 bits per heavy atom. The zero-order valence-corrected chi connectivity index (χ0v) is 17.8. The Morgan fingerprint density at radius 3 is 2.31 bits per heavy atom.